The van der Waals surface area contributed by atoms with Crippen molar-refractivity contribution >= 4 is 5.97 Å². The van der Waals surface area contributed by atoms with Gasteiger partial charge in [0.05, 0.1) is 18.0 Å². The second-order valence-electron chi connectivity index (χ2n) is 3.73. The second kappa shape index (κ2) is 5.31. The molecule has 2 aromatic heterocycles. The van der Waals surface area contributed by atoms with E-state index >= 15 is 0 Å². The first-order valence-corrected chi connectivity index (χ1v) is 5.58. The first kappa shape index (κ1) is 12.1. The number of aromatic carboxylic acids is 1. The molecule has 94 valence electrons. The van der Waals surface area contributed by atoms with Gasteiger partial charge in [0.15, 0.2) is 5.75 Å². The minimum absolute atomic E-state index is 0.129. The van der Waals surface area contributed by atoms with Crippen LogP contribution in [0.1, 0.15) is 23.7 Å². The highest BCUT2D eigenvalue weighted by molar-refractivity contribution is 5.87. The van der Waals surface area contributed by atoms with Crippen molar-refractivity contribution in [2.75, 3.05) is 0 Å². The third-order valence-electron chi connectivity index (χ3n) is 2.27. The SMILES string of the molecule is CCCn1cc(Oc2ccc(C(=O)O)cn2)cn1. The molecule has 0 aromatic carbocycles. The fraction of sp³-hybridized carbons (Fsp3) is 0.250. The molecule has 6 nitrogen and oxygen atoms in total. The Morgan fingerprint density at radius 2 is 2.28 bits per heavy atom. The number of aryl methyl sites for hydroxylation is 1. The number of pyridine rings is 1. The normalized spacial score (nSPS) is 10.3. The van der Waals surface area contributed by atoms with Crippen molar-refractivity contribution in [2.45, 2.75) is 19.9 Å². The number of carbonyl (C=O) groups is 1. The van der Waals surface area contributed by atoms with Gasteiger partial charge in [-0.3, -0.25) is 4.68 Å². The van der Waals surface area contributed by atoms with Gasteiger partial charge in [-0.15, -0.1) is 0 Å². The molecule has 2 aromatic rings. The van der Waals surface area contributed by atoms with Crippen LogP contribution in [0, 0.1) is 0 Å². The highest BCUT2D eigenvalue weighted by Crippen LogP contribution is 2.18. The fourth-order valence-electron chi connectivity index (χ4n) is 1.44. The van der Waals surface area contributed by atoms with Crippen molar-refractivity contribution in [3.8, 4) is 11.6 Å². The summed E-state index contributed by atoms with van der Waals surface area (Å²) in [5.74, 6) is -0.0834. The molecule has 0 spiro atoms. The number of hydrogen-bond donors (Lipinski definition) is 1. The van der Waals surface area contributed by atoms with Crippen molar-refractivity contribution in [2.24, 2.45) is 0 Å². The second-order valence-corrected chi connectivity index (χ2v) is 3.73. The zero-order chi connectivity index (χ0) is 13.0. The quantitative estimate of drug-likeness (QED) is 0.876. The molecule has 2 rings (SSSR count). The molecule has 0 aliphatic rings. The maximum absolute atomic E-state index is 10.7. The molecule has 2 heterocycles. The minimum atomic E-state index is -1.01. The molecular formula is C12H13N3O3. The van der Waals surface area contributed by atoms with E-state index < -0.39 is 5.97 Å². The summed E-state index contributed by atoms with van der Waals surface area (Å²) in [6.07, 6.45) is 5.62. The molecule has 0 aliphatic heterocycles. The van der Waals surface area contributed by atoms with Crippen molar-refractivity contribution < 1.29 is 14.6 Å². The third kappa shape index (κ3) is 2.85. The molecular weight excluding hydrogens is 234 g/mol. The average molecular weight is 247 g/mol. The lowest BCUT2D eigenvalue weighted by molar-refractivity contribution is 0.0696. The molecule has 0 radical (unpaired) electrons. The van der Waals surface area contributed by atoms with Gasteiger partial charge in [0.25, 0.3) is 0 Å². The molecule has 0 saturated heterocycles. The Labute approximate surface area is 104 Å². The number of carboxylic acids is 1. The van der Waals surface area contributed by atoms with Crippen LogP contribution in [0.25, 0.3) is 0 Å². The van der Waals surface area contributed by atoms with Crippen LogP contribution in [0.3, 0.4) is 0 Å². The summed E-state index contributed by atoms with van der Waals surface area (Å²) in [4.78, 5) is 14.6. The molecule has 0 saturated carbocycles. The Morgan fingerprint density at radius 1 is 1.44 bits per heavy atom. The number of ether oxygens (including phenoxy) is 1. The van der Waals surface area contributed by atoms with Gasteiger partial charge in [0, 0.05) is 18.8 Å². The molecule has 0 amide bonds. The molecule has 1 N–H and O–H groups in total. The third-order valence-corrected chi connectivity index (χ3v) is 2.27. The predicted octanol–water partition coefficient (Wildman–Crippen LogP) is 2.18. The van der Waals surface area contributed by atoms with E-state index in [2.05, 4.69) is 17.0 Å². The van der Waals surface area contributed by atoms with Crippen LogP contribution in [-0.4, -0.2) is 25.8 Å². The van der Waals surface area contributed by atoms with E-state index in [4.69, 9.17) is 9.84 Å². The summed E-state index contributed by atoms with van der Waals surface area (Å²) in [6.45, 7) is 2.89. The number of nitrogens with zero attached hydrogens (tertiary/aromatic N) is 3. The lowest BCUT2D eigenvalue weighted by Gasteiger charge is -2.01. The summed E-state index contributed by atoms with van der Waals surface area (Å²) in [7, 11) is 0. The van der Waals surface area contributed by atoms with Gasteiger partial charge in [-0.2, -0.15) is 5.10 Å². The van der Waals surface area contributed by atoms with Gasteiger partial charge in [-0.05, 0) is 12.5 Å². The number of aromatic nitrogens is 3. The van der Waals surface area contributed by atoms with E-state index in [1.54, 1.807) is 17.1 Å². The monoisotopic (exact) mass is 247 g/mol. The Hall–Kier alpha value is -2.37. The molecule has 0 unspecified atom stereocenters. The Morgan fingerprint density at radius 3 is 2.89 bits per heavy atom. The number of rotatable bonds is 5. The molecule has 0 aliphatic carbocycles. The van der Waals surface area contributed by atoms with Gasteiger partial charge >= 0.3 is 5.97 Å². The van der Waals surface area contributed by atoms with Gasteiger partial charge < -0.3 is 9.84 Å². The van der Waals surface area contributed by atoms with Gasteiger partial charge in [0.1, 0.15) is 0 Å². The maximum atomic E-state index is 10.7. The molecule has 0 fully saturated rings. The van der Waals surface area contributed by atoms with E-state index in [9.17, 15) is 4.79 Å². The summed E-state index contributed by atoms with van der Waals surface area (Å²) in [5, 5.41) is 12.9. The summed E-state index contributed by atoms with van der Waals surface area (Å²) in [6, 6.07) is 2.96. The zero-order valence-corrected chi connectivity index (χ0v) is 9.91. The van der Waals surface area contributed by atoms with E-state index in [0.29, 0.717) is 11.6 Å². The average Bonchev–Trinajstić information content (AvgIpc) is 2.78. The van der Waals surface area contributed by atoms with Gasteiger partial charge in [0.2, 0.25) is 5.88 Å². The highest BCUT2D eigenvalue weighted by Gasteiger charge is 2.05. The molecule has 18 heavy (non-hydrogen) atoms. The fourth-order valence-corrected chi connectivity index (χ4v) is 1.44. The summed E-state index contributed by atoms with van der Waals surface area (Å²) in [5.41, 5.74) is 0.129. The van der Waals surface area contributed by atoms with Crippen LogP contribution in [0.4, 0.5) is 0 Å². The van der Waals surface area contributed by atoms with Crippen molar-refractivity contribution in [3.05, 3.63) is 36.3 Å². The predicted molar refractivity (Wildman–Crippen MR) is 63.8 cm³/mol. The minimum Gasteiger partial charge on any atom is -0.478 e. The van der Waals surface area contributed by atoms with Crippen molar-refractivity contribution in [3.63, 3.8) is 0 Å². The van der Waals surface area contributed by atoms with Crippen LogP contribution in [0.5, 0.6) is 11.6 Å². The lowest BCUT2D eigenvalue weighted by atomic mass is 10.3. The smallest absolute Gasteiger partial charge is 0.337 e. The van der Waals surface area contributed by atoms with E-state index in [-0.39, 0.29) is 5.56 Å². The largest absolute Gasteiger partial charge is 0.478 e. The first-order valence-electron chi connectivity index (χ1n) is 5.58. The molecule has 0 bridgehead atoms. The number of hydrogen-bond acceptors (Lipinski definition) is 4. The number of carboxylic acid groups (broad SMARTS) is 1. The van der Waals surface area contributed by atoms with Crippen molar-refractivity contribution in [1.82, 2.24) is 14.8 Å². The standard InChI is InChI=1S/C12H13N3O3/c1-2-5-15-8-10(7-14-15)18-11-4-3-9(6-13-11)12(16)17/h3-4,6-8H,2,5H2,1H3,(H,16,17). The summed E-state index contributed by atoms with van der Waals surface area (Å²) < 4.78 is 7.23. The van der Waals surface area contributed by atoms with Crippen LogP contribution in [0.15, 0.2) is 30.7 Å². The topological polar surface area (TPSA) is 77.2 Å². The zero-order valence-electron chi connectivity index (χ0n) is 9.91. The lowest BCUT2D eigenvalue weighted by Crippen LogP contribution is -1.97. The summed E-state index contributed by atoms with van der Waals surface area (Å²) >= 11 is 0. The molecule has 6 heteroatoms. The maximum Gasteiger partial charge on any atom is 0.337 e. The van der Waals surface area contributed by atoms with E-state index in [0.717, 1.165) is 13.0 Å². The van der Waals surface area contributed by atoms with Crippen molar-refractivity contribution in [1.29, 1.82) is 0 Å². The van der Waals surface area contributed by atoms with Gasteiger partial charge in [-0.25, -0.2) is 9.78 Å². The van der Waals surface area contributed by atoms with E-state index in [1.165, 1.54) is 18.3 Å². The van der Waals surface area contributed by atoms with Gasteiger partial charge in [-0.1, -0.05) is 6.92 Å². The van der Waals surface area contributed by atoms with Crippen LogP contribution in [-0.2, 0) is 6.54 Å². The first-order chi connectivity index (χ1) is 8.69. The van der Waals surface area contributed by atoms with Crippen LogP contribution < -0.4 is 4.74 Å². The Kier molecular flexibility index (Phi) is 3.57. The van der Waals surface area contributed by atoms with Crippen LogP contribution >= 0.6 is 0 Å². The van der Waals surface area contributed by atoms with Crippen LogP contribution in [0.2, 0.25) is 0 Å². The Balaban J connectivity index is 2.06. The molecule has 0 atom stereocenters. The highest BCUT2D eigenvalue weighted by atomic mass is 16.5. The Bertz CT molecular complexity index is 534. The van der Waals surface area contributed by atoms with E-state index in [1.807, 2.05) is 0 Å².